The Labute approximate surface area is 177 Å². The van der Waals surface area contributed by atoms with E-state index >= 15 is 0 Å². The maximum atomic E-state index is 13.0. The van der Waals surface area contributed by atoms with Crippen molar-refractivity contribution in [2.45, 2.75) is 25.7 Å². The Kier molecular flexibility index (Phi) is 6.25. The number of hydrogen-bond donors (Lipinski definition) is 2. The lowest BCUT2D eigenvalue weighted by molar-refractivity contribution is -0.245. The molecular formula is C19H23BrN4O5. The van der Waals surface area contributed by atoms with Crippen LogP contribution in [-0.2, 0) is 4.74 Å². The molecule has 0 bridgehead atoms. The third-order valence-corrected chi connectivity index (χ3v) is 5.37. The number of nitrogens with one attached hydrogen (secondary N) is 1. The number of aromatic nitrogens is 2. The number of hydrogen-bond acceptors (Lipinski definition) is 8. The molecule has 2 heterocycles. The highest BCUT2D eigenvalue weighted by molar-refractivity contribution is 9.10. The van der Waals surface area contributed by atoms with Gasteiger partial charge in [-0.25, -0.2) is 4.98 Å². The summed E-state index contributed by atoms with van der Waals surface area (Å²) in [5.41, 5.74) is 1.03. The first kappa shape index (κ1) is 21.3. The maximum Gasteiger partial charge on any atom is 0.254 e. The molecule has 10 heteroatoms. The SMILES string of the molecule is COc1cc(C(=O)N2CCO[C@@](C)(O)[C@H]2C)ccc1Nc1ncc(Br)c(OC)n1. The molecule has 1 aromatic heterocycles. The van der Waals surface area contributed by atoms with Crippen LogP contribution in [0.1, 0.15) is 24.2 Å². The largest absolute Gasteiger partial charge is 0.495 e. The Morgan fingerprint density at radius 1 is 1.41 bits per heavy atom. The molecule has 0 radical (unpaired) electrons. The van der Waals surface area contributed by atoms with Gasteiger partial charge in [-0.15, -0.1) is 0 Å². The third-order valence-electron chi connectivity index (χ3n) is 4.83. The second-order valence-electron chi connectivity index (χ2n) is 6.67. The molecule has 2 N–H and O–H groups in total. The molecule has 9 nitrogen and oxygen atoms in total. The van der Waals surface area contributed by atoms with Gasteiger partial charge in [0.15, 0.2) is 5.79 Å². The molecule has 1 saturated heterocycles. The van der Waals surface area contributed by atoms with Crippen molar-refractivity contribution in [3.63, 3.8) is 0 Å². The summed E-state index contributed by atoms with van der Waals surface area (Å²) < 4.78 is 16.6. The summed E-state index contributed by atoms with van der Waals surface area (Å²) in [5.74, 6) is -0.444. The monoisotopic (exact) mass is 466 g/mol. The van der Waals surface area contributed by atoms with Gasteiger partial charge in [0.05, 0.1) is 43.2 Å². The van der Waals surface area contributed by atoms with Crippen molar-refractivity contribution in [3.05, 3.63) is 34.4 Å². The van der Waals surface area contributed by atoms with E-state index in [-0.39, 0.29) is 12.5 Å². The van der Waals surface area contributed by atoms with Crippen LogP contribution >= 0.6 is 15.9 Å². The number of carbonyl (C=O) groups is 1. The van der Waals surface area contributed by atoms with E-state index in [0.29, 0.717) is 39.8 Å². The van der Waals surface area contributed by atoms with Crippen molar-refractivity contribution in [2.75, 3.05) is 32.7 Å². The van der Waals surface area contributed by atoms with E-state index in [1.54, 1.807) is 43.1 Å². The van der Waals surface area contributed by atoms with Gasteiger partial charge in [0.25, 0.3) is 5.91 Å². The number of rotatable bonds is 5. The minimum atomic E-state index is -1.39. The van der Waals surface area contributed by atoms with Crippen LogP contribution in [0.25, 0.3) is 0 Å². The normalized spacial score (nSPS) is 21.6. The minimum Gasteiger partial charge on any atom is -0.495 e. The fourth-order valence-electron chi connectivity index (χ4n) is 3.00. The number of methoxy groups -OCH3 is 2. The number of aliphatic hydroxyl groups is 1. The number of carbonyl (C=O) groups excluding carboxylic acids is 1. The molecule has 1 amide bonds. The zero-order valence-electron chi connectivity index (χ0n) is 16.6. The lowest BCUT2D eigenvalue weighted by Gasteiger charge is -2.43. The highest BCUT2D eigenvalue weighted by Gasteiger charge is 2.40. The number of anilines is 2. The second kappa shape index (κ2) is 8.52. The number of halogens is 1. The van der Waals surface area contributed by atoms with E-state index in [4.69, 9.17) is 14.2 Å². The average molecular weight is 467 g/mol. The summed E-state index contributed by atoms with van der Waals surface area (Å²) in [6.07, 6.45) is 1.57. The summed E-state index contributed by atoms with van der Waals surface area (Å²) in [4.78, 5) is 23.0. The molecule has 2 atom stereocenters. The number of benzene rings is 1. The molecule has 0 aliphatic carbocycles. The van der Waals surface area contributed by atoms with E-state index in [1.807, 2.05) is 0 Å². The van der Waals surface area contributed by atoms with Crippen molar-refractivity contribution in [1.29, 1.82) is 0 Å². The van der Waals surface area contributed by atoms with Gasteiger partial charge in [-0.05, 0) is 48.0 Å². The summed E-state index contributed by atoms with van der Waals surface area (Å²) in [5, 5.41) is 13.4. The van der Waals surface area contributed by atoms with E-state index < -0.39 is 11.8 Å². The number of nitrogens with zero attached hydrogens (tertiary/aromatic N) is 3. The predicted molar refractivity (Wildman–Crippen MR) is 110 cm³/mol. The van der Waals surface area contributed by atoms with Crippen molar-refractivity contribution in [1.82, 2.24) is 14.9 Å². The zero-order valence-corrected chi connectivity index (χ0v) is 18.2. The molecule has 0 spiro atoms. The standard InChI is InChI=1S/C19H23BrN4O5/c1-11-19(2,26)29-8-7-24(11)17(25)12-5-6-14(15(9-12)27-3)22-18-21-10-13(20)16(23-18)28-4/h5-6,9-11,26H,7-8H2,1-4H3,(H,21,22,23)/t11-,19-/m1/s1. The van der Waals surface area contributed by atoms with E-state index in [2.05, 4.69) is 31.2 Å². The highest BCUT2D eigenvalue weighted by Crippen LogP contribution is 2.31. The molecule has 2 aromatic rings. The van der Waals surface area contributed by atoms with Crippen LogP contribution < -0.4 is 14.8 Å². The van der Waals surface area contributed by atoms with Gasteiger partial charge in [-0.3, -0.25) is 4.79 Å². The molecule has 1 aromatic carbocycles. The summed E-state index contributed by atoms with van der Waals surface area (Å²) >= 11 is 3.31. The van der Waals surface area contributed by atoms with Gasteiger partial charge in [-0.1, -0.05) is 0 Å². The number of amides is 1. The molecular weight excluding hydrogens is 444 g/mol. The minimum absolute atomic E-state index is 0.215. The fraction of sp³-hybridized carbons (Fsp3) is 0.421. The molecule has 156 valence electrons. The van der Waals surface area contributed by atoms with Crippen LogP contribution in [0.2, 0.25) is 0 Å². The van der Waals surface area contributed by atoms with Crippen LogP contribution in [-0.4, -0.2) is 65.1 Å². The van der Waals surface area contributed by atoms with Crippen molar-refractivity contribution in [3.8, 4) is 11.6 Å². The van der Waals surface area contributed by atoms with Crippen molar-refractivity contribution >= 4 is 33.5 Å². The Hall–Kier alpha value is -2.43. The quantitative estimate of drug-likeness (QED) is 0.692. The molecule has 1 fully saturated rings. The van der Waals surface area contributed by atoms with Crippen LogP contribution in [0.5, 0.6) is 11.6 Å². The molecule has 1 aliphatic rings. The third kappa shape index (κ3) is 4.44. The van der Waals surface area contributed by atoms with Gasteiger partial charge < -0.3 is 29.5 Å². The summed E-state index contributed by atoms with van der Waals surface area (Å²) in [7, 11) is 3.03. The first-order valence-electron chi connectivity index (χ1n) is 8.95. The Morgan fingerprint density at radius 2 is 2.17 bits per heavy atom. The van der Waals surface area contributed by atoms with Gasteiger partial charge in [0, 0.05) is 12.1 Å². The van der Waals surface area contributed by atoms with Crippen molar-refractivity contribution in [2.24, 2.45) is 0 Å². The fourth-order valence-corrected chi connectivity index (χ4v) is 3.35. The Bertz CT molecular complexity index is 908. The first-order valence-corrected chi connectivity index (χ1v) is 9.75. The van der Waals surface area contributed by atoms with Gasteiger partial charge in [0.2, 0.25) is 11.8 Å². The topological polar surface area (TPSA) is 106 Å². The number of ether oxygens (including phenoxy) is 3. The molecule has 0 saturated carbocycles. The lowest BCUT2D eigenvalue weighted by atomic mass is 10.0. The highest BCUT2D eigenvalue weighted by atomic mass is 79.9. The van der Waals surface area contributed by atoms with E-state index in [0.717, 1.165) is 0 Å². The summed E-state index contributed by atoms with van der Waals surface area (Å²) in [6, 6.07) is 4.54. The second-order valence-corrected chi connectivity index (χ2v) is 7.52. The summed E-state index contributed by atoms with van der Waals surface area (Å²) in [6.45, 7) is 3.97. The zero-order chi connectivity index (χ0) is 21.2. The van der Waals surface area contributed by atoms with Crippen LogP contribution in [0.15, 0.2) is 28.9 Å². The maximum absolute atomic E-state index is 13.0. The first-order chi connectivity index (χ1) is 13.8. The van der Waals surface area contributed by atoms with E-state index in [1.165, 1.54) is 14.2 Å². The van der Waals surface area contributed by atoms with Crippen molar-refractivity contribution < 1.29 is 24.1 Å². The average Bonchev–Trinajstić information content (AvgIpc) is 2.71. The van der Waals surface area contributed by atoms with Crippen LogP contribution in [0.4, 0.5) is 11.6 Å². The van der Waals surface area contributed by atoms with Crippen LogP contribution in [0, 0.1) is 0 Å². The predicted octanol–water partition coefficient (Wildman–Crippen LogP) is 2.57. The van der Waals surface area contributed by atoms with E-state index in [9.17, 15) is 9.90 Å². The van der Waals surface area contributed by atoms with Gasteiger partial charge >= 0.3 is 0 Å². The molecule has 3 rings (SSSR count). The smallest absolute Gasteiger partial charge is 0.254 e. The molecule has 1 aliphatic heterocycles. The lowest BCUT2D eigenvalue weighted by Crippen LogP contribution is -2.58. The molecule has 29 heavy (non-hydrogen) atoms. The van der Waals surface area contributed by atoms with Crippen LogP contribution in [0.3, 0.4) is 0 Å². The van der Waals surface area contributed by atoms with Gasteiger partial charge in [0.1, 0.15) is 5.75 Å². The van der Waals surface area contributed by atoms with Gasteiger partial charge in [-0.2, -0.15) is 4.98 Å². The number of morpholine rings is 1. The Morgan fingerprint density at radius 3 is 2.86 bits per heavy atom. The Balaban J connectivity index is 1.84. The molecule has 0 unspecified atom stereocenters.